The maximum Gasteiger partial charge on any atom is 0.261 e. The van der Waals surface area contributed by atoms with Gasteiger partial charge in [-0.2, -0.15) is 0 Å². The highest BCUT2D eigenvalue weighted by Gasteiger charge is 2.34. The Kier molecular flexibility index (Phi) is 5.10. The molecule has 6 heteroatoms. The minimum atomic E-state index is -0.326. The fraction of sp³-hybridized carbons (Fsp3) is 0.318. The Morgan fingerprint density at radius 1 is 0.893 bits per heavy atom. The van der Waals surface area contributed by atoms with Gasteiger partial charge in [0, 0.05) is 38.3 Å². The Morgan fingerprint density at radius 2 is 1.50 bits per heavy atom. The maximum atomic E-state index is 12.4. The fourth-order valence-electron chi connectivity index (χ4n) is 3.86. The van der Waals surface area contributed by atoms with Crippen LogP contribution in [0.5, 0.6) is 0 Å². The number of nitrogens with zero attached hydrogens (tertiary/aromatic N) is 2. The van der Waals surface area contributed by atoms with Crippen LogP contribution in [0.15, 0.2) is 48.5 Å². The van der Waals surface area contributed by atoms with E-state index in [0.29, 0.717) is 17.7 Å². The maximum absolute atomic E-state index is 12.4. The van der Waals surface area contributed by atoms with E-state index in [0.717, 1.165) is 23.6 Å². The lowest BCUT2D eigenvalue weighted by atomic mass is 10.1. The topological polar surface area (TPSA) is 69.7 Å². The normalized spacial score (nSPS) is 15.9. The third kappa shape index (κ3) is 3.50. The van der Waals surface area contributed by atoms with Gasteiger partial charge in [0.1, 0.15) is 0 Å². The lowest BCUT2D eigenvalue weighted by Crippen LogP contribution is -2.34. The van der Waals surface area contributed by atoms with Gasteiger partial charge in [-0.15, -0.1) is 0 Å². The van der Waals surface area contributed by atoms with Crippen LogP contribution in [0.3, 0.4) is 0 Å². The lowest BCUT2D eigenvalue weighted by Gasteiger charge is -2.21. The molecule has 0 radical (unpaired) electrons. The van der Waals surface area contributed by atoms with Gasteiger partial charge in [0.2, 0.25) is 5.91 Å². The molecule has 2 aliphatic heterocycles. The Bertz CT molecular complexity index is 884. The first-order chi connectivity index (χ1) is 13.6. The van der Waals surface area contributed by atoms with Crippen molar-refractivity contribution < 1.29 is 14.4 Å². The average molecular weight is 377 g/mol. The Balaban J connectivity index is 1.33. The summed E-state index contributed by atoms with van der Waals surface area (Å²) in [4.78, 5) is 40.5. The van der Waals surface area contributed by atoms with E-state index in [1.54, 1.807) is 24.3 Å². The Labute approximate surface area is 164 Å². The van der Waals surface area contributed by atoms with Crippen LogP contribution in [0.1, 0.15) is 45.5 Å². The second kappa shape index (κ2) is 7.84. The number of carbonyl (C=O) groups excluding carboxylic acids is 3. The standard InChI is InChI=1S/C22H23N3O3/c26-20(11-14-25-21(27)17-8-2-3-9-18(17)22(25)28)23-15-16-7-1-4-10-19(16)24-12-5-6-13-24/h1-4,7-10H,5-6,11-15H2,(H,23,26). The number of rotatable bonds is 6. The highest BCUT2D eigenvalue weighted by molar-refractivity contribution is 6.21. The molecule has 0 spiro atoms. The van der Waals surface area contributed by atoms with E-state index in [9.17, 15) is 14.4 Å². The molecule has 0 saturated carbocycles. The van der Waals surface area contributed by atoms with E-state index in [1.807, 2.05) is 18.2 Å². The van der Waals surface area contributed by atoms with Gasteiger partial charge in [0.05, 0.1) is 11.1 Å². The molecule has 144 valence electrons. The summed E-state index contributed by atoms with van der Waals surface area (Å²) in [5.74, 6) is -0.826. The summed E-state index contributed by atoms with van der Waals surface area (Å²) in [5.41, 5.74) is 3.07. The van der Waals surface area contributed by atoms with Crippen molar-refractivity contribution in [2.24, 2.45) is 0 Å². The van der Waals surface area contributed by atoms with E-state index in [4.69, 9.17) is 0 Å². The smallest absolute Gasteiger partial charge is 0.261 e. The first kappa shape index (κ1) is 18.2. The highest BCUT2D eigenvalue weighted by Crippen LogP contribution is 2.25. The van der Waals surface area contributed by atoms with E-state index >= 15 is 0 Å². The molecule has 3 amide bonds. The Morgan fingerprint density at radius 3 is 2.18 bits per heavy atom. The van der Waals surface area contributed by atoms with Crippen molar-refractivity contribution in [1.29, 1.82) is 0 Å². The second-order valence-electron chi connectivity index (χ2n) is 7.16. The number of hydrogen-bond donors (Lipinski definition) is 1. The van der Waals surface area contributed by atoms with Crippen LogP contribution < -0.4 is 10.2 Å². The zero-order valence-corrected chi connectivity index (χ0v) is 15.7. The monoisotopic (exact) mass is 377 g/mol. The van der Waals surface area contributed by atoms with Crippen LogP contribution in [-0.2, 0) is 11.3 Å². The molecule has 4 rings (SSSR count). The first-order valence-electron chi connectivity index (χ1n) is 9.70. The second-order valence-corrected chi connectivity index (χ2v) is 7.16. The minimum absolute atomic E-state index is 0.0892. The van der Waals surface area contributed by atoms with Gasteiger partial charge >= 0.3 is 0 Å². The van der Waals surface area contributed by atoms with Crippen molar-refractivity contribution >= 4 is 23.4 Å². The Hall–Kier alpha value is -3.15. The largest absolute Gasteiger partial charge is 0.371 e. The number of imide groups is 1. The zero-order chi connectivity index (χ0) is 19.5. The minimum Gasteiger partial charge on any atom is -0.371 e. The predicted octanol–water partition coefficient (Wildman–Crippen LogP) is 2.59. The van der Waals surface area contributed by atoms with Crippen molar-refractivity contribution in [2.45, 2.75) is 25.8 Å². The number of nitrogens with one attached hydrogen (secondary N) is 1. The molecule has 0 bridgehead atoms. The molecule has 1 fully saturated rings. The summed E-state index contributed by atoms with van der Waals surface area (Å²) >= 11 is 0. The predicted molar refractivity (Wildman–Crippen MR) is 106 cm³/mol. The summed E-state index contributed by atoms with van der Waals surface area (Å²) in [6.45, 7) is 2.62. The molecule has 1 saturated heterocycles. The van der Waals surface area contributed by atoms with E-state index in [1.165, 1.54) is 18.5 Å². The summed E-state index contributed by atoms with van der Waals surface area (Å²) in [7, 11) is 0. The first-order valence-corrected chi connectivity index (χ1v) is 9.70. The number of carbonyl (C=O) groups is 3. The summed E-state index contributed by atoms with van der Waals surface area (Å²) in [5, 5.41) is 2.92. The van der Waals surface area contributed by atoms with Crippen molar-refractivity contribution in [3.8, 4) is 0 Å². The van der Waals surface area contributed by atoms with Crippen LogP contribution in [0.25, 0.3) is 0 Å². The number of para-hydroxylation sites is 1. The molecule has 6 nitrogen and oxygen atoms in total. The third-order valence-electron chi connectivity index (χ3n) is 5.36. The van der Waals surface area contributed by atoms with Crippen molar-refractivity contribution in [2.75, 3.05) is 24.5 Å². The number of fused-ring (bicyclic) bond motifs is 1. The number of benzene rings is 2. The molecule has 0 aromatic heterocycles. The van der Waals surface area contributed by atoms with Gasteiger partial charge in [-0.05, 0) is 36.6 Å². The third-order valence-corrected chi connectivity index (χ3v) is 5.36. The van der Waals surface area contributed by atoms with Gasteiger partial charge in [-0.25, -0.2) is 0 Å². The molecule has 2 aromatic carbocycles. The highest BCUT2D eigenvalue weighted by atomic mass is 16.2. The average Bonchev–Trinajstić information content (AvgIpc) is 3.34. The van der Waals surface area contributed by atoms with Gasteiger partial charge in [0.25, 0.3) is 11.8 Å². The van der Waals surface area contributed by atoms with Crippen LogP contribution in [0, 0.1) is 0 Å². The fourth-order valence-corrected chi connectivity index (χ4v) is 3.86. The van der Waals surface area contributed by atoms with E-state index in [2.05, 4.69) is 16.3 Å². The molecular formula is C22H23N3O3. The van der Waals surface area contributed by atoms with E-state index in [-0.39, 0.29) is 30.7 Å². The molecule has 0 unspecified atom stereocenters. The van der Waals surface area contributed by atoms with Crippen molar-refractivity contribution in [3.63, 3.8) is 0 Å². The summed E-state index contributed by atoms with van der Waals surface area (Å²) in [6.07, 6.45) is 2.49. The summed E-state index contributed by atoms with van der Waals surface area (Å²) in [6, 6.07) is 14.9. The zero-order valence-electron chi connectivity index (χ0n) is 15.7. The van der Waals surface area contributed by atoms with Crippen LogP contribution in [-0.4, -0.2) is 42.3 Å². The van der Waals surface area contributed by atoms with Gasteiger partial charge in [-0.1, -0.05) is 30.3 Å². The molecule has 2 heterocycles. The van der Waals surface area contributed by atoms with Crippen molar-refractivity contribution in [3.05, 3.63) is 65.2 Å². The molecule has 0 atom stereocenters. The van der Waals surface area contributed by atoms with E-state index < -0.39 is 0 Å². The van der Waals surface area contributed by atoms with Crippen molar-refractivity contribution in [1.82, 2.24) is 10.2 Å². The molecule has 2 aromatic rings. The molecule has 2 aliphatic rings. The van der Waals surface area contributed by atoms with Gasteiger partial charge in [0.15, 0.2) is 0 Å². The molecular weight excluding hydrogens is 354 g/mol. The lowest BCUT2D eigenvalue weighted by molar-refractivity contribution is -0.121. The number of anilines is 1. The molecule has 1 N–H and O–H groups in total. The number of hydrogen-bond acceptors (Lipinski definition) is 4. The van der Waals surface area contributed by atoms with Gasteiger partial charge in [-0.3, -0.25) is 19.3 Å². The number of amides is 3. The SMILES string of the molecule is O=C(CCN1C(=O)c2ccccc2C1=O)NCc1ccccc1N1CCCC1. The van der Waals surface area contributed by atoms with Gasteiger partial charge < -0.3 is 10.2 Å². The quantitative estimate of drug-likeness (QED) is 0.786. The van der Waals surface area contributed by atoms with Crippen LogP contribution >= 0.6 is 0 Å². The molecule has 28 heavy (non-hydrogen) atoms. The van der Waals surface area contributed by atoms with Crippen LogP contribution in [0.4, 0.5) is 5.69 Å². The summed E-state index contributed by atoms with van der Waals surface area (Å²) < 4.78 is 0. The molecule has 0 aliphatic carbocycles. The van der Waals surface area contributed by atoms with Crippen LogP contribution in [0.2, 0.25) is 0 Å².